The second-order valence-corrected chi connectivity index (χ2v) is 18.8. The lowest BCUT2D eigenvalue weighted by Crippen LogP contribution is -2.39. The zero-order valence-electron chi connectivity index (χ0n) is 33.2. The van der Waals surface area contributed by atoms with Crippen LogP contribution in [-0.4, -0.2) is 75.8 Å². The molecule has 3 aromatic rings. The maximum atomic E-state index is 14.5. The zero-order valence-corrected chi connectivity index (χ0v) is 36.5. The lowest BCUT2D eigenvalue weighted by Gasteiger charge is -2.27. The normalized spacial score (nSPS) is 14.7. The van der Waals surface area contributed by atoms with Crippen molar-refractivity contribution in [3.8, 4) is 17.6 Å². The Morgan fingerprint density at radius 1 is 0.655 bits per heavy atom. The number of ether oxygens (including phenoxy) is 2. The van der Waals surface area contributed by atoms with Crippen molar-refractivity contribution in [2.75, 3.05) is 26.2 Å². The van der Waals surface area contributed by atoms with Crippen molar-refractivity contribution in [3.05, 3.63) is 91.4 Å². The van der Waals surface area contributed by atoms with Crippen LogP contribution in [-0.2, 0) is 27.5 Å². The molecule has 16 heteroatoms. The first-order valence-electron chi connectivity index (χ1n) is 18.8. The summed E-state index contributed by atoms with van der Waals surface area (Å²) >= 11 is 4.33. The maximum absolute atomic E-state index is 14.5. The van der Waals surface area contributed by atoms with Crippen LogP contribution in [0.25, 0.3) is 0 Å². The highest BCUT2D eigenvalue weighted by atomic mass is 32.2. The van der Waals surface area contributed by atoms with E-state index in [-0.39, 0.29) is 41.5 Å². The molecule has 0 radical (unpaired) electrons. The summed E-state index contributed by atoms with van der Waals surface area (Å²) < 4.78 is 13.1. The molecule has 0 saturated carbocycles. The topological polar surface area (TPSA) is 141 Å². The van der Waals surface area contributed by atoms with E-state index in [2.05, 4.69) is 6.07 Å². The van der Waals surface area contributed by atoms with Crippen molar-refractivity contribution in [2.45, 2.75) is 81.1 Å². The monoisotopic (exact) mass is 857 g/mol. The fourth-order valence-corrected chi connectivity index (χ4v) is 11.6. The molecular weight excluding hydrogens is 815 g/mol. The van der Waals surface area contributed by atoms with Gasteiger partial charge in [-0.3, -0.25) is 14.4 Å². The van der Waals surface area contributed by atoms with Crippen molar-refractivity contribution >= 4 is 76.8 Å². The number of hydrogen-bond acceptors (Lipinski definition) is 12. The Morgan fingerprint density at radius 3 is 1.38 bits per heavy atom. The lowest BCUT2D eigenvalue weighted by atomic mass is 9.87. The maximum Gasteiger partial charge on any atom is 0.415 e. The summed E-state index contributed by atoms with van der Waals surface area (Å²) in [5.41, 5.74) is 0.652. The van der Waals surface area contributed by atoms with Crippen molar-refractivity contribution in [1.29, 1.82) is 5.26 Å². The molecule has 0 atom stereocenters. The van der Waals surface area contributed by atoms with Gasteiger partial charge in [0, 0.05) is 31.6 Å². The van der Waals surface area contributed by atoms with Gasteiger partial charge in [0.15, 0.2) is 17.3 Å². The molecule has 4 amide bonds. The first-order chi connectivity index (χ1) is 27.8. The van der Waals surface area contributed by atoms with Gasteiger partial charge in [0.05, 0.1) is 41.1 Å². The Kier molecular flexibility index (Phi) is 13.3. The van der Waals surface area contributed by atoms with Gasteiger partial charge in [0.2, 0.25) is 0 Å². The largest absolute Gasteiger partial charge is 0.415 e. The van der Waals surface area contributed by atoms with Crippen LogP contribution in [0.2, 0.25) is 0 Å². The summed E-state index contributed by atoms with van der Waals surface area (Å²) in [4.78, 5) is 74.5. The third-order valence-corrected chi connectivity index (χ3v) is 14.6. The Hall–Kier alpha value is -4.82. The van der Waals surface area contributed by atoms with Crippen LogP contribution in [0.4, 0.5) is 9.59 Å². The fraction of sp³-hybridized carbons (Fsp3) is 0.333. The van der Waals surface area contributed by atoms with Crippen molar-refractivity contribution in [1.82, 2.24) is 19.8 Å². The average Bonchev–Trinajstić information content (AvgIpc) is 3.90. The smallest absolute Gasteiger partial charge is 0.408 e. The molecule has 3 heterocycles. The summed E-state index contributed by atoms with van der Waals surface area (Å²) in [7, 11) is 0. The van der Waals surface area contributed by atoms with Gasteiger partial charge in [0.25, 0.3) is 11.8 Å². The zero-order chi connectivity index (χ0) is 41.9. The molecule has 0 spiro atoms. The number of nitrogens with zero attached hydrogens (tertiary/aromatic N) is 5. The number of hydrazine groups is 1. The molecule has 1 saturated heterocycles. The molecule has 6 rings (SSSR count). The molecule has 3 aliphatic heterocycles. The van der Waals surface area contributed by atoms with Gasteiger partial charge in [-0.1, -0.05) is 128 Å². The lowest BCUT2D eigenvalue weighted by molar-refractivity contribution is -0.149. The Balaban J connectivity index is 1.54. The first kappa shape index (κ1) is 42.8. The third kappa shape index (κ3) is 8.49. The number of carbonyl (C=O) groups excluding carboxylic acids is 5. The highest BCUT2D eigenvalue weighted by Gasteiger charge is 2.47. The van der Waals surface area contributed by atoms with Crippen molar-refractivity contribution in [3.63, 3.8) is 0 Å². The van der Waals surface area contributed by atoms with E-state index in [4.69, 9.17) is 9.47 Å². The Bertz CT molecular complexity index is 2130. The summed E-state index contributed by atoms with van der Waals surface area (Å²) in [6, 6.07) is 20.9. The number of fused-ring (bicyclic) bond motifs is 2. The van der Waals surface area contributed by atoms with E-state index in [9.17, 15) is 29.2 Å². The van der Waals surface area contributed by atoms with Gasteiger partial charge in [0.1, 0.15) is 17.2 Å². The minimum Gasteiger partial charge on any atom is -0.408 e. The van der Waals surface area contributed by atoms with Gasteiger partial charge < -0.3 is 19.3 Å². The molecule has 0 aliphatic carbocycles. The highest BCUT2D eigenvalue weighted by molar-refractivity contribution is 8.26. The van der Waals surface area contributed by atoms with Crippen LogP contribution in [0.3, 0.4) is 0 Å². The SMILES string of the molecule is CCN(CC)C(=O)Oc1c2c(c(OC(=O)N(CC)CC)c3c1SC(=C1C(=O)N(Cc4ccccc4)N(Cc4ccccc4)C1=O)S3)SC(=C(C#N)C(=O)C(C)(C)C)S2. The second-order valence-electron chi connectivity index (χ2n) is 14.2. The van der Waals surface area contributed by atoms with Crippen LogP contribution >= 0.6 is 47.0 Å². The first-order valence-corrected chi connectivity index (χ1v) is 22.1. The van der Waals surface area contributed by atoms with E-state index in [1.54, 1.807) is 20.8 Å². The molecular formula is C42H43N5O7S4. The summed E-state index contributed by atoms with van der Waals surface area (Å²) in [6.07, 6.45) is -1.28. The van der Waals surface area contributed by atoms with Gasteiger partial charge in [-0.05, 0) is 38.8 Å². The van der Waals surface area contributed by atoms with Crippen LogP contribution in [0.5, 0.6) is 11.5 Å². The molecule has 0 unspecified atom stereocenters. The highest BCUT2D eigenvalue weighted by Crippen LogP contribution is 2.69. The molecule has 3 aliphatic rings. The number of ketones is 1. The predicted octanol–water partition coefficient (Wildman–Crippen LogP) is 9.31. The number of allylic oxidation sites excluding steroid dienone is 1. The van der Waals surface area contributed by atoms with E-state index < -0.39 is 29.4 Å². The van der Waals surface area contributed by atoms with Crippen LogP contribution in [0.15, 0.2) is 99.9 Å². The van der Waals surface area contributed by atoms with Crippen molar-refractivity contribution < 1.29 is 33.4 Å². The number of nitriles is 1. The number of hydrogen-bond donors (Lipinski definition) is 0. The molecule has 1 fully saturated rings. The molecule has 302 valence electrons. The van der Waals surface area contributed by atoms with E-state index in [1.807, 2.05) is 88.4 Å². The van der Waals surface area contributed by atoms with E-state index >= 15 is 0 Å². The minimum absolute atomic E-state index is 0.0660. The third-order valence-electron chi connectivity index (χ3n) is 9.41. The van der Waals surface area contributed by atoms with E-state index in [0.717, 1.165) is 58.2 Å². The quantitative estimate of drug-likeness (QED) is 0.103. The van der Waals surface area contributed by atoms with Crippen LogP contribution in [0.1, 0.15) is 59.6 Å². The number of rotatable bonds is 11. The summed E-state index contributed by atoms with van der Waals surface area (Å²) in [5.74, 6) is -1.15. The molecule has 0 aromatic heterocycles. The van der Waals surface area contributed by atoms with E-state index in [0.29, 0.717) is 54.2 Å². The minimum atomic E-state index is -0.873. The standard InChI is InChI=1S/C42H43N5O7S4/c1-8-44(9-2)40(51)53-29-31-32(56-38(55-31)27(22-43)35(48)42(5,6)7)30(54-41(52)45(10-3)11-4)34-33(29)57-39(58-34)28-36(49)46(23-25-18-14-12-15-19-25)47(37(28)50)24-26-20-16-13-17-21-26/h12-21H,8-11,23-24H2,1-7H3. The van der Waals surface area contributed by atoms with Gasteiger partial charge in [-0.2, -0.15) is 5.26 Å². The van der Waals surface area contributed by atoms with E-state index in [1.165, 1.54) is 19.8 Å². The van der Waals surface area contributed by atoms with Gasteiger partial charge in [-0.25, -0.2) is 19.6 Å². The van der Waals surface area contributed by atoms with Crippen LogP contribution < -0.4 is 9.47 Å². The predicted molar refractivity (Wildman–Crippen MR) is 226 cm³/mol. The fourth-order valence-electron chi connectivity index (χ4n) is 6.19. The summed E-state index contributed by atoms with van der Waals surface area (Å²) in [5, 5.41) is 13.2. The Labute approximate surface area is 355 Å². The second kappa shape index (κ2) is 18.0. The molecule has 58 heavy (non-hydrogen) atoms. The molecule has 0 bridgehead atoms. The average molecular weight is 858 g/mol. The molecule has 3 aromatic carbocycles. The van der Waals surface area contributed by atoms with Gasteiger partial charge in [-0.15, -0.1) is 0 Å². The number of benzene rings is 3. The van der Waals surface area contributed by atoms with Gasteiger partial charge >= 0.3 is 12.2 Å². The van der Waals surface area contributed by atoms with Crippen molar-refractivity contribution in [2.24, 2.45) is 5.41 Å². The van der Waals surface area contributed by atoms with Crippen LogP contribution in [0, 0.1) is 16.7 Å². The summed E-state index contributed by atoms with van der Waals surface area (Å²) in [6.45, 7) is 14.2. The number of thioether (sulfide) groups is 4. The number of Topliss-reactive ketones (excluding diaryl/α,β-unsaturated/α-hetero) is 1. The Morgan fingerprint density at radius 2 is 1.03 bits per heavy atom. The number of carbonyl (C=O) groups is 5. The molecule has 12 nitrogen and oxygen atoms in total. The number of amides is 4. The molecule has 0 N–H and O–H groups in total.